The van der Waals surface area contributed by atoms with Gasteiger partial charge in [0.15, 0.2) is 0 Å². The van der Waals surface area contributed by atoms with E-state index in [0.717, 1.165) is 31.2 Å². The Morgan fingerprint density at radius 1 is 1.15 bits per heavy atom. The Labute approximate surface area is 118 Å². The number of carboxylic acids is 1. The molecule has 0 aromatic heterocycles. The molecule has 3 rings (SSSR count). The molecule has 1 saturated carbocycles. The molecule has 3 atom stereocenters. The first-order chi connectivity index (χ1) is 9.66. The summed E-state index contributed by atoms with van der Waals surface area (Å²) in [4.78, 5) is 23.6. The summed E-state index contributed by atoms with van der Waals surface area (Å²) < 4.78 is 0. The molecule has 4 nitrogen and oxygen atoms in total. The molecule has 1 unspecified atom stereocenters. The fourth-order valence-corrected chi connectivity index (χ4v) is 3.54. The molecule has 0 bridgehead atoms. The third-order valence-electron chi connectivity index (χ3n) is 4.61. The predicted octanol–water partition coefficient (Wildman–Crippen LogP) is 2.09. The average Bonchev–Trinajstić information content (AvgIpc) is 3.04. The van der Waals surface area contributed by atoms with Gasteiger partial charge < -0.3 is 10.4 Å². The minimum Gasteiger partial charge on any atom is -0.481 e. The van der Waals surface area contributed by atoms with Crippen LogP contribution in [0.5, 0.6) is 0 Å². The number of fused-ring (bicyclic) bond motifs is 1. The first-order valence-electron chi connectivity index (χ1n) is 7.28. The Morgan fingerprint density at radius 3 is 2.75 bits per heavy atom. The summed E-state index contributed by atoms with van der Waals surface area (Å²) in [5.74, 6) is -1.33. The summed E-state index contributed by atoms with van der Waals surface area (Å²) in [6.45, 7) is 0. The van der Waals surface area contributed by atoms with Gasteiger partial charge in [-0.3, -0.25) is 9.59 Å². The van der Waals surface area contributed by atoms with Crippen LogP contribution in [0.4, 0.5) is 0 Å². The number of carbonyl (C=O) groups is 2. The molecule has 0 heterocycles. The van der Waals surface area contributed by atoms with E-state index in [9.17, 15) is 9.59 Å². The average molecular weight is 273 g/mol. The zero-order valence-corrected chi connectivity index (χ0v) is 11.3. The highest BCUT2D eigenvalue weighted by molar-refractivity contribution is 5.86. The summed E-state index contributed by atoms with van der Waals surface area (Å²) in [6, 6.07) is 7.83. The number of carbonyl (C=O) groups excluding carboxylic acids is 1. The fourth-order valence-electron chi connectivity index (χ4n) is 3.54. The van der Waals surface area contributed by atoms with Crippen LogP contribution in [-0.4, -0.2) is 23.0 Å². The van der Waals surface area contributed by atoms with E-state index >= 15 is 0 Å². The molecule has 0 radical (unpaired) electrons. The summed E-state index contributed by atoms with van der Waals surface area (Å²) in [7, 11) is 0. The van der Waals surface area contributed by atoms with Gasteiger partial charge in [-0.15, -0.1) is 0 Å². The van der Waals surface area contributed by atoms with Gasteiger partial charge in [0, 0.05) is 6.04 Å². The number of benzene rings is 1. The molecule has 2 N–H and O–H groups in total. The molecule has 2 aliphatic rings. The number of rotatable bonds is 3. The van der Waals surface area contributed by atoms with Crippen LogP contribution in [0.1, 0.15) is 42.7 Å². The van der Waals surface area contributed by atoms with Gasteiger partial charge >= 0.3 is 5.97 Å². The van der Waals surface area contributed by atoms with Gasteiger partial charge in [-0.2, -0.15) is 0 Å². The standard InChI is InChI=1S/C16H19NO3/c18-15(17-14-7-3-6-13(14)16(19)20)12-9-8-10-4-1-2-5-11(10)12/h1-2,4-5,12-14H,3,6-9H2,(H,17,18)(H,19,20)/t12?,13-,14+/m1/s1. The number of nitrogens with one attached hydrogen (secondary N) is 1. The van der Waals surface area contributed by atoms with Gasteiger partial charge in [0.2, 0.25) is 5.91 Å². The lowest BCUT2D eigenvalue weighted by molar-refractivity contribution is -0.142. The summed E-state index contributed by atoms with van der Waals surface area (Å²) in [5, 5.41) is 12.1. The first kappa shape index (κ1) is 13.2. The number of amides is 1. The van der Waals surface area contributed by atoms with Gasteiger partial charge in [-0.1, -0.05) is 30.7 Å². The van der Waals surface area contributed by atoms with E-state index in [1.807, 2.05) is 18.2 Å². The molecule has 0 saturated heterocycles. The van der Waals surface area contributed by atoms with Crippen molar-refractivity contribution in [2.45, 2.75) is 44.1 Å². The number of aryl methyl sites for hydroxylation is 1. The van der Waals surface area contributed by atoms with Crippen molar-refractivity contribution in [3.05, 3.63) is 35.4 Å². The van der Waals surface area contributed by atoms with Crippen LogP contribution in [0.3, 0.4) is 0 Å². The number of aliphatic carboxylic acids is 1. The second-order valence-electron chi connectivity index (χ2n) is 5.78. The van der Waals surface area contributed by atoms with Crippen LogP contribution >= 0.6 is 0 Å². The van der Waals surface area contributed by atoms with E-state index in [-0.39, 0.29) is 17.9 Å². The van der Waals surface area contributed by atoms with Gasteiger partial charge in [0.1, 0.15) is 0 Å². The van der Waals surface area contributed by atoms with E-state index in [0.29, 0.717) is 6.42 Å². The predicted molar refractivity (Wildman–Crippen MR) is 74.4 cm³/mol. The fraction of sp³-hybridized carbons (Fsp3) is 0.500. The van der Waals surface area contributed by atoms with Gasteiger partial charge in [-0.25, -0.2) is 0 Å². The molecule has 1 aromatic carbocycles. The topological polar surface area (TPSA) is 66.4 Å². The van der Waals surface area contributed by atoms with Crippen LogP contribution in [0.15, 0.2) is 24.3 Å². The van der Waals surface area contributed by atoms with Crippen molar-refractivity contribution in [1.29, 1.82) is 0 Å². The van der Waals surface area contributed by atoms with E-state index in [4.69, 9.17) is 5.11 Å². The van der Waals surface area contributed by atoms with Crippen molar-refractivity contribution in [2.75, 3.05) is 0 Å². The lowest BCUT2D eigenvalue weighted by Crippen LogP contribution is -2.42. The van der Waals surface area contributed by atoms with Crippen LogP contribution in [0.25, 0.3) is 0 Å². The summed E-state index contributed by atoms with van der Waals surface area (Å²) in [5.41, 5.74) is 2.35. The van der Waals surface area contributed by atoms with Crippen molar-refractivity contribution in [3.63, 3.8) is 0 Å². The lowest BCUT2D eigenvalue weighted by Gasteiger charge is -2.20. The zero-order valence-electron chi connectivity index (χ0n) is 11.3. The zero-order chi connectivity index (χ0) is 14.1. The molecule has 0 aliphatic heterocycles. The first-order valence-corrected chi connectivity index (χ1v) is 7.28. The molecule has 0 spiro atoms. The van der Waals surface area contributed by atoms with Crippen LogP contribution in [-0.2, 0) is 16.0 Å². The van der Waals surface area contributed by atoms with E-state index < -0.39 is 11.9 Å². The lowest BCUT2D eigenvalue weighted by atomic mass is 9.98. The van der Waals surface area contributed by atoms with Crippen LogP contribution in [0, 0.1) is 5.92 Å². The van der Waals surface area contributed by atoms with Crippen molar-refractivity contribution >= 4 is 11.9 Å². The highest BCUT2D eigenvalue weighted by atomic mass is 16.4. The monoisotopic (exact) mass is 273 g/mol. The van der Waals surface area contributed by atoms with Crippen LogP contribution < -0.4 is 5.32 Å². The third kappa shape index (κ3) is 2.30. The Morgan fingerprint density at radius 2 is 1.95 bits per heavy atom. The second-order valence-corrected chi connectivity index (χ2v) is 5.78. The second kappa shape index (κ2) is 5.27. The van der Waals surface area contributed by atoms with E-state index in [1.54, 1.807) is 0 Å². The van der Waals surface area contributed by atoms with Crippen molar-refractivity contribution < 1.29 is 14.7 Å². The summed E-state index contributed by atoms with van der Waals surface area (Å²) >= 11 is 0. The number of hydrogen-bond donors (Lipinski definition) is 2. The molecular weight excluding hydrogens is 254 g/mol. The normalized spacial score (nSPS) is 28.1. The molecule has 2 aliphatic carbocycles. The number of hydrogen-bond acceptors (Lipinski definition) is 2. The molecular formula is C16H19NO3. The smallest absolute Gasteiger partial charge is 0.308 e. The van der Waals surface area contributed by atoms with Crippen molar-refractivity contribution in [3.8, 4) is 0 Å². The molecule has 1 aromatic rings. The summed E-state index contributed by atoms with van der Waals surface area (Å²) in [6.07, 6.45) is 4.08. The van der Waals surface area contributed by atoms with E-state index in [2.05, 4.69) is 11.4 Å². The Hall–Kier alpha value is -1.84. The van der Waals surface area contributed by atoms with Gasteiger partial charge in [0.05, 0.1) is 11.8 Å². The largest absolute Gasteiger partial charge is 0.481 e. The molecule has 106 valence electrons. The minimum atomic E-state index is -0.792. The Bertz CT molecular complexity index is 540. The molecule has 20 heavy (non-hydrogen) atoms. The minimum absolute atomic E-state index is 0.00639. The SMILES string of the molecule is O=C(N[C@H]1CCC[C@H]1C(=O)O)C1CCc2ccccc21. The molecule has 1 amide bonds. The Kier molecular flexibility index (Phi) is 3.47. The van der Waals surface area contributed by atoms with Crippen molar-refractivity contribution in [2.24, 2.45) is 5.92 Å². The van der Waals surface area contributed by atoms with E-state index in [1.165, 1.54) is 5.56 Å². The highest BCUT2D eigenvalue weighted by Gasteiger charge is 2.36. The highest BCUT2D eigenvalue weighted by Crippen LogP contribution is 2.34. The van der Waals surface area contributed by atoms with Gasteiger partial charge in [0.25, 0.3) is 0 Å². The van der Waals surface area contributed by atoms with Crippen molar-refractivity contribution in [1.82, 2.24) is 5.32 Å². The number of carboxylic acid groups (broad SMARTS) is 1. The maximum absolute atomic E-state index is 12.4. The third-order valence-corrected chi connectivity index (χ3v) is 4.61. The van der Waals surface area contributed by atoms with Gasteiger partial charge in [-0.05, 0) is 36.8 Å². The van der Waals surface area contributed by atoms with Crippen LogP contribution in [0.2, 0.25) is 0 Å². The molecule has 4 heteroatoms. The molecule has 1 fully saturated rings. The quantitative estimate of drug-likeness (QED) is 0.886. The maximum atomic E-state index is 12.4. The maximum Gasteiger partial charge on any atom is 0.308 e. The Balaban J connectivity index is 1.70.